The Morgan fingerprint density at radius 3 is 2.60 bits per heavy atom. The van der Waals surface area contributed by atoms with Crippen molar-refractivity contribution in [1.29, 1.82) is 0 Å². The fraction of sp³-hybridized carbons (Fsp3) is 0.800. The van der Waals surface area contributed by atoms with E-state index in [1.807, 2.05) is 0 Å². The zero-order chi connectivity index (χ0) is 7.98. The van der Waals surface area contributed by atoms with Gasteiger partial charge in [-0.3, -0.25) is 4.21 Å². The van der Waals surface area contributed by atoms with E-state index in [-0.39, 0.29) is 6.03 Å². The zero-order valence-electron chi connectivity index (χ0n) is 6.14. The second kappa shape index (κ2) is 5.22. The smallest absolute Gasteiger partial charge is 0.314 e. The van der Waals surface area contributed by atoms with Gasteiger partial charge in [0.15, 0.2) is 0 Å². The van der Waals surface area contributed by atoms with E-state index in [0.29, 0.717) is 12.3 Å². The van der Waals surface area contributed by atoms with E-state index in [1.165, 1.54) is 7.05 Å². The molecule has 0 radical (unpaired) electrons. The van der Waals surface area contributed by atoms with Crippen molar-refractivity contribution in [3.05, 3.63) is 0 Å². The summed E-state index contributed by atoms with van der Waals surface area (Å²) in [6.07, 6.45) is 1.60. The molecule has 0 saturated carbocycles. The van der Waals surface area contributed by atoms with E-state index < -0.39 is 10.8 Å². The van der Waals surface area contributed by atoms with Crippen LogP contribution in [-0.2, 0) is 10.8 Å². The summed E-state index contributed by atoms with van der Waals surface area (Å²) in [7, 11) is 0.713. The molecular formula is C5H12N2O2S. The minimum absolute atomic E-state index is 0.231. The number of rotatable bonds is 3. The van der Waals surface area contributed by atoms with Crippen molar-refractivity contribution >= 4 is 16.8 Å². The lowest BCUT2D eigenvalue weighted by Crippen LogP contribution is -2.35. The lowest BCUT2D eigenvalue weighted by atomic mass is 10.7. The molecule has 2 amide bonds. The van der Waals surface area contributed by atoms with Crippen LogP contribution in [0.2, 0.25) is 0 Å². The second-order valence-corrected chi connectivity index (χ2v) is 3.34. The predicted octanol–water partition coefficient (Wildman–Crippen LogP) is -0.706. The van der Waals surface area contributed by atoms with Gasteiger partial charge in [0.2, 0.25) is 0 Å². The number of carbonyl (C=O) groups is 1. The molecule has 1 atom stereocenters. The molecule has 0 aliphatic carbocycles. The SMILES string of the molecule is CNC(=O)NCCS(C)=O. The van der Waals surface area contributed by atoms with Crippen molar-refractivity contribution in [2.75, 3.05) is 25.6 Å². The highest BCUT2D eigenvalue weighted by atomic mass is 32.2. The van der Waals surface area contributed by atoms with E-state index in [2.05, 4.69) is 10.6 Å². The van der Waals surface area contributed by atoms with Crippen LogP contribution in [0, 0.1) is 0 Å². The summed E-state index contributed by atoms with van der Waals surface area (Å²) in [6, 6.07) is -0.231. The Bertz CT molecular complexity index is 138. The fourth-order valence-corrected chi connectivity index (χ4v) is 0.786. The molecule has 0 bridgehead atoms. The minimum atomic E-state index is -0.826. The van der Waals surface area contributed by atoms with Crippen LogP contribution in [0.5, 0.6) is 0 Å². The van der Waals surface area contributed by atoms with Crippen LogP contribution in [0.3, 0.4) is 0 Å². The lowest BCUT2D eigenvalue weighted by Gasteiger charge is -2.00. The van der Waals surface area contributed by atoms with Crippen molar-refractivity contribution in [1.82, 2.24) is 10.6 Å². The van der Waals surface area contributed by atoms with Gasteiger partial charge in [-0.25, -0.2) is 4.79 Å². The Hall–Kier alpha value is -0.580. The van der Waals surface area contributed by atoms with E-state index in [4.69, 9.17) is 0 Å². The van der Waals surface area contributed by atoms with Crippen molar-refractivity contribution < 1.29 is 9.00 Å². The highest BCUT2D eigenvalue weighted by Gasteiger charge is 1.94. The zero-order valence-corrected chi connectivity index (χ0v) is 6.96. The van der Waals surface area contributed by atoms with Crippen LogP contribution in [0.15, 0.2) is 0 Å². The maximum Gasteiger partial charge on any atom is 0.314 e. The van der Waals surface area contributed by atoms with Gasteiger partial charge < -0.3 is 10.6 Å². The van der Waals surface area contributed by atoms with Gasteiger partial charge >= 0.3 is 6.03 Å². The first-order valence-corrected chi connectivity index (χ1v) is 4.65. The molecule has 1 unspecified atom stereocenters. The average molecular weight is 164 g/mol. The van der Waals surface area contributed by atoms with Crippen LogP contribution in [0.25, 0.3) is 0 Å². The summed E-state index contributed by atoms with van der Waals surface area (Å²) in [5.41, 5.74) is 0. The molecule has 0 aromatic carbocycles. The van der Waals surface area contributed by atoms with Crippen molar-refractivity contribution in [2.45, 2.75) is 0 Å². The maximum atomic E-state index is 10.5. The van der Waals surface area contributed by atoms with Crippen molar-refractivity contribution in [3.8, 4) is 0 Å². The highest BCUT2D eigenvalue weighted by molar-refractivity contribution is 7.84. The van der Waals surface area contributed by atoms with Crippen LogP contribution >= 0.6 is 0 Å². The van der Waals surface area contributed by atoms with Gasteiger partial charge in [-0.2, -0.15) is 0 Å². The Kier molecular flexibility index (Phi) is 4.92. The number of carbonyl (C=O) groups excluding carboxylic acids is 1. The largest absolute Gasteiger partial charge is 0.341 e. The molecule has 5 heteroatoms. The molecule has 10 heavy (non-hydrogen) atoms. The van der Waals surface area contributed by atoms with E-state index >= 15 is 0 Å². The Morgan fingerprint density at radius 2 is 2.20 bits per heavy atom. The van der Waals surface area contributed by atoms with Gasteiger partial charge in [0.25, 0.3) is 0 Å². The molecule has 0 spiro atoms. The van der Waals surface area contributed by atoms with Gasteiger partial charge in [-0.05, 0) is 0 Å². The van der Waals surface area contributed by atoms with Gasteiger partial charge in [0, 0.05) is 36.4 Å². The quantitative estimate of drug-likeness (QED) is 0.579. The van der Waals surface area contributed by atoms with Crippen LogP contribution in [0.4, 0.5) is 4.79 Å². The molecule has 4 nitrogen and oxygen atoms in total. The highest BCUT2D eigenvalue weighted by Crippen LogP contribution is 1.70. The summed E-state index contributed by atoms with van der Waals surface area (Å²) in [5, 5.41) is 4.91. The van der Waals surface area contributed by atoms with Gasteiger partial charge in [0.1, 0.15) is 0 Å². The molecule has 60 valence electrons. The summed E-state index contributed by atoms with van der Waals surface area (Å²) in [5.74, 6) is 0.507. The molecule has 0 aromatic heterocycles. The van der Waals surface area contributed by atoms with E-state index in [1.54, 1.807) is 6.26 Å². The minimum Gasteiger partial charge on any atom is -0.341 e. The predicted molar refractivity (Wildman–Crippen MR) is 41.4 cm³/mol. The van der Waals surface area contributed by atoms with Crippen molar-refractivity contribution in [2.24, 2.45) is 0 Å². The Labute approximate surface area is 62.8 Å². The molecular weight excluding hydrogens is 152 g/mol. The molecule has 0 saturated heterocycles. The summed E-state index contributed by atoms with van der Waals surface area (Å²) >= 11 is 0. The lowest BCUT2D eigenvalue weighted by molar-refractivity contribution is 0.243. The average Bonchev–Trinajstić information content (AvgIpc) is 1.87. The topological polar surface area (TPSA) is 58.2 Å². The number of urea groups is 1. The van der Waals surface area contributed by atoms with Gasteiger partial charge in [-0.1, -0.05) is 0 Å². The number of amides is 2. The first-order chi connectivity index (χ1) is 4.66. The molecule has 0 fully saturated rings. The molecule has 0 rings (SSSR count). The molecule has 0 aliphatic rings. The first-order valence-electron chi connectivity index (χ1n) is 2.92. The molecule has 0 aliphatic heterocycles. The van der Waals surface area contributed by atoms with Crippen molar-refractivity contribution in [3.63, 3.8) is 0 Å². The summed E-state index contributed by atoms with van der Waals surface area (Å²) in [4.78, 5) is 10.5. The third-order valence-electron chi connectivity index (χ3n) is 0.902. The summed E-state index contributed by atoms with van der Waals surface area (Å²) in [6.45, 7) is 0.461. The van der Waals surface area contributed by atoms with E-state index in [0.717, 1.165) is 0 Å². The standard InChI is InChI=1S/C5H12N2O2S/c1-6-5(8)7-3-4-10(2)9/h3-4H2,1-2H3,(H2,6,7,8). The third-order valence-corrected chi connectivity index (χ3v) is 1.68. The Morgan fingerprint density at radius 1 is 1.60 bits per heavy atom. The van der Waals surface area contributed by atoms with Crippen LogP contribution in [0.1, 0.15) is 0 Å². The fourth-order valence-electron chi connectivity index (χ4n) is 0.397. The molecule has 0 heterocycles. The number of nitrogens with one attached hydrogen (secondary N) is 2. The van der Waals surface area contributed by atoms with Gasteiger partial charge in [-0.15, -0.1) is 0 Å². The van der Waals surface area contributed by atoms with Crippen LogP contribution in [-0.4, -0.2) is 35.8 Å². The normalized spacial score (nSPS) is 12.2. The second-order valence-electron chi connectivity index (χ2n) is 1.78. The van der Waals surface area contributed by atoms with Crippen LogP contribution < -0.4 is 10.6 Å². The monoisotopic (exact) mass is 164 g/mol. The first kappa shape index (κ1) is 9.42. The Balaban J connectivity index is 3.20. The molecule has 2 N–H and O–H groups in total. The molecule has 0 aromatic rings. The summed E-state index contributed by atoms with van der Waals surface area (Å²) < 4.78 is 10.5. The van der Waals surface area contributed by atoms with E-state index in [9.17, 15) is 9.00 Å². The maximum absolute atomic E-state index is 10.5. The number of hydrogen-bond donors (Lipinski definition) is 2. The van der Waals surface area contributed by atoms with Gasteiger partial charge in [0.05, 0.1) is 0 Å². The number of hydrogen-bond acceptors (Lipinski definition) is 2. The third kappa shape index (κ3) is 5.55.